The van der Waals surface area contributed by atoms with Crippen molar-refractivity contribution in [1.82, 2.24) is 5.32 Å². The van der Waals surface area contributed by atoms with E-state index >= 15 is 0 Å². The van der Waals surface area contributed by atoms with Gasteiger partial charge in [0.25, 0.3) is 0 Å². The fourth-order valence-corrected chi connectivity index (χ4v) is 2.23. The van der Waals surface area contributed by atoms with E-state index in [2.05, 4.69) is 54.4 Å². The minimum Gasteiger partial charge on any atom is -0.372 e. The molecule has 0 aliphatic heterocycles. The molecule has 0 fully saturated rings. The van der Waals surface area contributed by atoms with E-state index in [1.807, 2.05) is 14.0 Å². The van der Waals surface area contributed by atoms with Crippen LogP contribution in [-0.2, 0) is 0 Å². The Morgan fingerprint density at radius 3 is 2.58 bits per heavy atom. The SMILES string of the molecule is CCN(CCCC(C)(C#N)NC)c1ccccc1C. The third-order valence-electron chi connectivity index (χ3n) is 3.74. The molecule has 0 aliphatic rings. The number of anilines is 1. The normalized spacial score (nSPS) is 13.6. The summed E-state index contributed by atoms with van der Waals surface area (Å²) in [4.78, 5) is 2.38. The van der Waals surface area contributed by atoms with Crippen LogP contribution < -0.4 is 10.2 Å². The molecule has 0 saturated heterocycles. The fraction of sp³-hybridized carbons (Fsp3) is 0.562. The molecule has 0 bridgehead atoms. The second-order valence-corrected chi connectivity index (χ2v) is 5.16. The van der Waals surface area contributed by atoms with Crippen LogP contribution in [0.1, 0.15) is 32.3 Å². The Bertz CT molecular complexity index is 436. The molecule has 1 atom stereocenters. The van der Waals surface area contributed by atoms with E-state index in [-0.39, 0.29) is 0 Å². The molecule has 1 N–H and O–H groups in total. The van der Waals surface area contributed by atoms with Gasteiger partial charge in [0.1, 0.15) is 5.54 Å². The molecule has 19 heavy (non-hydrogen) atoms. The summed E-state index contributed by atoms with van der Waals surface area (Å²) in [6, 6.07) is 10.8. The van der Waals surface area contributed by atoms with Crippen LogP contribution in [0.5, 0.6) is 0 Å². The number of hydrogen-bond acceptors (Lipinski definition) is 3. The van der Waals surface area contributed by atoms with Gasteiger partial charge in [-0.15, -0.1) is 0 Å². The van der Waals surface area contributed by atoms with Gasteiger partial charge in [-0.2, -0.15) is 5.26 Å². The van der Waals surface area contributed by atoms with Crippen molar-refractivity contribution in [2.45, 2.75) is 39.2 Å². The smallest absolute Gasteiger partial charge is 0.103 e. The lowest BCUT2D eigenvalue weighted by Crippen LogP contribution is -2.39. The van der Waals surface area contributed by atoms with Crippen LogP contribution in [0, 0.1) is 18.3 Å². The molecule has 1 aromatic rings. The minimum absolute atomic E-state index is 0.412. The van der Waals surface area contributed by atoms with Gasteiger partial charge < -0.3 is 10.2 Å². The zero-order valence-electron chi connectivity index (χ0n) is 12.5. The summed E-state index contributed by atoms with van der Waals surface area (Å²) < 4.78 is 0. The van der Waals surface area contributed by atoms with Gasteiger partial charge in [0, 0.05) is 18.8 Å². The van der Waals surface area contributed by atoms with Crippen LogP contribution in [0.2, 0.25) is 0 Å². The van der Waals surface area contributed by atoms with E-state index < -0.39 is 5.54 Å². The van der Waals surface area contributed by atoms with Crippen LogP contribution in [0.15, 0.2) is 24.3 Å². The summed E-state index contributed by atoms with van der Waals surface area (Å²) in [5.74, 6) is 0. The molecule has 0 aromatic heterocycles. The maximum atomic E-state index is 9.14. The molecule has 0 amide bonds. The Labute approximate surface area is 117 Å². The average Bonchev–Trinajstić information content (AvgIpc) is 2.44. The summed E-state index contributed by atoms with van der Waals surface area (Å²) in [6.07, 6.45) is 1.87. The Balaban J connectivity index is 2.60. The van der Waals surface area contributed by atoms with Gasteiger partial charge in [-0.1, -0.05) is 18.2 Å². The Morgan fingerprint density at radius 2 is 2.05 bits per heavy atom. The predicted octanol–water partition coefficient (Wildman–Crippen LogP) is 3.10. The first kappa shape index (κ1) is 15.5. The Kier molecular flexibility index (Phi) is 5.85. The zero-order valence-corrected chi connectivity index (χ0v) is 12.5. The quantitative estimate of drug-likeness (QED) is 0.818. The van der Waals surface area contributed by atoms with E-state index in [4.69, 9.17) is 5.26 Å². The van der Waals surface area contributed by atoms with E-state index in [1.165, 1.54) is 11.3 Å². The van der Waals surface area contributed by atoms with E-state index in [9.17, 15) is 0 Å². The highest BCUT2D eigenvalue weighted by atomic mass is 15.1. The number of hydrogen-bond donors (Lipinski definition) is 1. The molecule has 0 heterocycles. The molecule has 3 nitrogen and oxygen atoms in total. The molecule has 1 aromatic carbocycles. The Morgan fingerprint density at radius 1 is 1.37 bits per heavy atom. The molecule has 0 aliphatic carbocycles. The number of rotatable bonds is 7. The summed E-state index contributed by atoms with van der Waals surface area (Å²) in [5.41, 5.74) is 2.19. The van der Waals surface area contributed by atoms with Gasteiger partial charge in [0.05, 0.1) is 6.07 Å². The Hall–Kier alpha value is -1.53. The van der Waals surface area contributed by atoms with E-state index in [0.717, 1.165) is 25.9 Å². The monoisotopic (exact) mass is 259 g/mol. The van der Waals surface area contributed by atoms with Crippen LogP contribution in [0.3, 0.4) is 0 Å². The summed E-state index contributed by atoms with van der Waals surface area (Å²) in [6.45, 7) is 8.25. The highest BCUT2D eigenvalue weighted by molar-refractivity contribution is 5.52. The fourth-order valence-electron chi connectivity index (χ4n) is 2.23. The molecule has 104 valence electrons. The van der Waals surface area contributed by atoms with Crippen LogP contribution in [0.4, 0.5) is 5.69 Å². The van der Waals surface area contributed by atoms with Crippen LogP contribution in [0.25, 0.3) is 0 Å². The average molecular weight is 259 g/mol. The van der Waals surface area contributed by atoms with Gasteiger partial charge in [-0.05, 0) is 52.3 Å². The number of nitrogens with zero attached hydrogens (tertiary/aromatic N) is 2. The minimum atomic E-state index is -0.412. The second kappa shape index (κ2) is 7.16. The molecular formula is C16H25N3. The lowest BCUT2D eigenvalue weighted by Gasteiger charge is -2.27. The largest absolute Gasteiger partial charge is 0.372 e. The van der Waals surface area contributed by atoms with Crippen LogP contribution >= 0.6 is 0 Å². The summed E-state index contributed by atoms with van der Waals surface area (Å²) in [5, 5.41) is 12.2. The third-order valence-corrected chi connectivity index (χ3v) is 3.74. The molecule has 0 spiro atoms. The van der Waals surface area contributed by atoms with Crippen molar-refractivity contribution in [1.29, 1.82) is 5.26 Å². The molecule has 1 unspecified atom stereocenters. The standard InChI is InChI=1S/C16H25N3/c1-5-19(15-10-7-6-9-14(15)2)12-8-11-16(3,13-17)18-4/h6-7,9-10,18H,5,8,11-12H2,1-4H3. The van der Waals surface area contributed by atoms with Crippen molar-refractivity contribution in [2.24, 2.45) is 0 Å². The van der Waals surface area contributed by atoms with Crippen molar-refractivity contribution in [2.75, 3.05) is 25.0 Å². The number of para-hydroxylation sites is 1. The number of aryl methyl sites for hydroxylation is 1. The van der Waals surface area contributed by atoms with Crippen molar-refractivity contribution in [3.05, 3.63) is 29.8 Å². The second-order valence-electron chi connectivity index (χ2n) is 5.16. The first-order chi connectivity index (χ1) is 9.06. The van der Waals surface area contributed by atoms with E-state index in [1.54, 1.807) is 0 Å². The summed E-state index contributed by atoms with van der Waals surface area (Å²) >= 11 is 0. The number of benzene rings is 1. The highest BCUT2D eigenvalue weighted by Gasteiger charge is 2.20. The topological polar surface area (TPSA) is 39.1 Å². The van der Waals surface area contributed by atoms with Crippen molar-refractivity contribution in [3.63, 3.8) is 0 Å². The van der Waals surface area contributed by atoms with Gasteiger partial charge in [0.2, 0.25) is 0 Å². The lowest BCUT2D eigenvalue weighted by atomic mass is 9.98. The van der Waals surface area contributed by atoms with Crippen molar-refractivity contribution in [3.8, 4) is 6.07 Å². The molecule has 0 saturated carbocycles. The summed E-state index contributed by atoms with van der Waals surface area (Å²) in [7, 11) is 1.85. The third kappa shape index (κ3) is 4.25. The van der Waals surface area contributed by atoms with Crippen molar-refractivity contribution < 1.29 is 0 Å². The first-order valence-corrected chi connectivity index (χ1v) is 6.97. The molecule has 1 rings (SSSR count). The number of nitriles is 1. The predicted molar refractivity (Wildman–Crippen MR) is 81.4 cm³/mol. The van der Waals surface area contributed by atoms with E-state index in [0.29, 0.717) is 0 Å². The molecule has 3 heteroatoms. The maximum Gasteiger partial charge on any atom is 0.103 e. The maximum absolute atomic E-state index is 9.14. The van der Waals surface area contributed by atoms with Gasteiger partial charge in [-0.25, -0.2) is 0 Å². The number of nitrogens with one attached hydrogen (secondary N) is 1. The van der Waals surface area contributed by atoms with Crippen molar-refractivity contribution >= 4 is 5.69 Å². The molecular weight excluding hydrogens is 234 g/mol. The van der Waals surface area contributed by atoms with Crippen LogP contribution in [-0.4, -0.2) is 25.7 Å². The molecule has 0 radical (unpaired) electrons. The van der Waals surface area contributed by atoms with Gasteiger partial charge >= 0.3 is 0 Å². The highest BCUT2D eigenvalue weighted by Crippen LogP contribution is 2.20. The lowest BCUT2D eigenvalue weighted by molar-refractivity contribution is 0.440. The van der Waals surface area contributed by atoms with Gasteiger partial charge in [0.15, 0.2) is 0 Å². The first-order valence-electron chi connectivity index (χ1n) is 6.97. The zero-order chi connectivity index (χ0) is 14.3. The van der Waals surface area contributed by atoms with Gasteiger partial charge in [-0.3, -0.25) is 0 Å².